The SMILES string of the molecule is CC(C)C[C@H](NC(=O)[C@H](Cc1ccccc1)NC(=O)CN1CN(C(=O)[C@@H](N)Cc2ccc(O)cc2)CC1=O)C(N)=O. The van der Waals surface area contributed by atoms with E-state index in [2.05, 4.69) is 10.6 Å². The zero-order valence-electron chi connectivity index (χ0n) is 23.3. The third-order valence-electron chi connectivity index (χ3n) is 6.68. The molecule has 220 valence electrons. The first-order chi connectivity index (χ1) is 19.4. The Kier molecular flexibility index (Phi) is 10.8. The maximum absolute atomic E-state index is 13.2. The molecule has 1 heterocycles. The number of amides is 5. The molecule has 41 heavy (non-hydrogen) atoms. The number of carbonyl (C=O) groups excluding carboxylic acids is 5. The van der Waals surface area contributed by atoms with E-state index < -0.39 is 47.7 Å². The van der Waals surface area contributed by atoms with Crippen molar-refractivity contribution < 1.29 is 29.1 Å². The third kappa shape index (κ3) is 9.31. The number of carbonyl (C=O) groups is 5. The summed E-state index contributed by atoms with van der Waals surface area (Å²) < 4.78 is 0. The molecule has 2 aromatic rings. The van der Waals surface area contributed by atoms with Gasteiger partial charge in [0.15, 0.2) is 0 Å². The molecule has 12 nitrogen and oxygen atoms in total. The molecule has 0 aromatic heterocycles. The predicted molar refractivity (Wildman–Crippen MR) is 151 cm³/mol. The molecular formula is C29H38N6O6. The molecule has 0 aliphatic carbocycles. The van der Waals surface area contributed by atoms with Crippen molar-refractivity contribution in [1.29, 1.82) is 0 Å². The Labute approximate surface area is 239 Å². The summed E-state index contributed by atoms with van der Waals surface area (Å²) in [5, 5.41) is 14.7. The number of hydrogen-bond acceptors (Lipinski definition) is 7. The number of aromatic hydroxyl groups is 1. The molecule has 1 aliphatic heterocycles. The van der Waals surface area contributed by atoms with Crippen molar-refractivity contribution in [3.8, 4) is 5.75 Å². The second-order valence-corrected chi connectivity index (χ2v) is 10.6. The van der Waals surface area contributed by atoms with Crippen molar-refractivity contribution in [3.05, 3.63) is 65.7 Å². The Morgan fingerprint density at radius 1 is 0.927 bits per heavy atom. The van der Waals surface area contributed by atoms with Gasteiger partial charge in [-0.1, -0.05) is 56.3 Å². The van der Waals surface area contributed by atoms with Crippen LogP contribution in [-0.4, -0.2) is 82.3 Å². The maximum atomic E-state index is 13.2. The van der Waals surface area contributed by atoms with Crippen molar-refractivity contribution in [3.63, 3.8) is 0 Å². The monoisotopic (exact) mass is 566 g/mol. The average Bonchev–Trinajstić information content (AvgIpc) is 3.28. The Morgan fingerprint density at radius 2 is 1.56 bits per heavy atom. The lowest BCUT2D eigenvalue weighted by atomic mass is 10.0. The number of benzene rings is 2. The van der Waals surface area contributed by atoms with Crippen molar-refractivity contribution in [2.75, 3.05) is 19.8 Å². The molecule has 3 atom stereocenters. The van der Waals surface area contributed by atoms with Gasteiger partial charge in [0.1, 0.15) is 30.9 Å². The molecular weight excluding hydrogens is 528 g/mol. The van der Waals surface area contributed by atoms with Crippen LogP contribution in [-0.2, 0) is 36.8 Å². The van der Waals surface area contributed by atoms with Crippen LogP contribution in [0, 0.1) is 5.92 Å². The first kappa shape index (κ1) is 31.1. The zero-order chi connectivity index (χ0) is 30.1. The van der Waals surface area contributed by atoms with Gasteiger partial charge in [-0.2, -0.15) is 0 Å². The summed E-state index contributed by atoms with van der Waals surface area (Å²) in [5.41, 5.74) is 13.1. The smallest absolute Gasteiger partial charge is 0.244 e. The van der Waals surface area contributed by atoms with Crippen LogP contribution >= 0.6 is 0 Å². The van der Waals surface area contributed by atoms with Crippen molar-refractivity contribution in [1.82, 2.24) is 20.4 Å². The highest BCUT2D eigenvalue weighted by molar-refractivity contribution is 5.95. The van der Waals surface area contributed by atoms with Gasteiger partial charge in [-0.15, -0.1) is 0 Å². The zero-order valence-corrected chi connectivity index (χ0v) is 23.3. The molecule has 2 aromatic carbocycles. The first-order valence-corrected chi connectivity index (χ1v) is 13.5. The highest BCUT2D eigenvalue weighted by Crippen LogP contribution is 2.14. The Balaban J connectivity index is 1.62. The van der Waals surface area contributed by atoms with Crippen LogP contribution in [0.25, 0.3) is 0 Å². The van der Waals surface area contributed by atoms with Crippen LogP contribution in [0.4, 0.5) is 0 Å². The first-order valence-electron chi connectivity index (χ1n) is 13.5. The lowest BCUT2D eigenvalue weighted by Crippen LogP contribution is -2.55. The van der Waals surface area contributed by atoms with Crippen LogP contribution in [0.3, 0.4) is 0 Å². The lowest BCUT2D eigenvalue weighted by molar-refractivity contribution is -0.134. The number of rotatable bonds is 13. The summed E-state index contributed by atoms with van der Waals surface area (Å²) in [6, 6.07) is 12.5. The number of nitrogens with zero attached hydrogens (tertiary/aromatic N) is 2. The summed E-state index contributed by atoms with van der Waals surface area (Å²) >= 11 is 0. The second-order valence-electron chi connectivity index (χ2n) is 10.6. The van der Waals surface area contributed by atoms with Gasteiger partial charge in [-0.3, -0.25) is 24.0 Å². The Hall–Kier alpha value is -4.45. The molecule has 5 amide bonds. The summed E-state index contributed by atoms with van der Waals surface area (Å²) in [6.45, 7) is 3.07. The van der Waals surface area contributed by atoms with E-state index in [0.717, 1.165) is 11.1 Å². The van der Waals surface area contributed by atoms with Crippen molar-refractivity contribution in [2.45, 2.75) is 51.2 Å². The molecule has 12 heteroatoms. The molecule has 1 aliphatic rings. The minimum absolute atomic E-state index is 0.0935. The minimum atomic E-state index is -1.03. The summed E-state index contributed by atoms with van der Waals surface area (Å²) in [4.78, 5) is 66.1. The molecule has 0 spiro atoms. The maximum Gasteiger partial charge on any atom is 0.244 e. The quantitative estimate of drug-likeness (QED) is 0.219. The van der Waals surface area contributed by atoms with E-state index in [1.54, 1.807) is 36.4 Å². The lowest BCUT2D eigenvalue weighted by Gasteiger charge is -2.24. The van der Waals surface area contributed by atoms with Gasteiger partial charge in [0.2, 0.25) is 29.5 Å². The fourth-order valence-corrected chi connectivity index (χ4v) is 4.55. The molecule has 0 saturated carbocycles. The van der Waals surface area contributed by atoms with E-state index in [-0.39, 0.29) is 44.3 Å². The topological polar surface area (TPSA) is 188 Å². The number of phenols is 1. The van der Waals surface area contributed by atoms with Crippen molar-refractivity contribution in [2.24, 2.45) is 17.4 Å². The number of nitrogens with two attached hydrogens (primary N) is 2. The standard InChI is InChI=1S/C29H38N6O6/c1-18(2)12-23(27(31)39)33-28(40)24(14-19-6-4-3-5-7-19)32-25(37)15-34-17-35(16-26(34)38)29(41)22(30)13-20-8-10-21(36)11-9-20/h3-11,18,22-24,36H,12-17,30H2,1-2H3,(H2,31,39)(H,32,37)(H,33,40)/t22-,23-,24-/m0/s1. The molecule has 0 radical (unpaired) electrons. The molecule has 3 rings (SSSR count). The molecule has 7 N–H and O–H groups in total. The predicted octanol–water partition coefficient (Wildman–Crippen LogP) is -0.366. The highest BCUT2D eigenvalue weighted by atomic mass is 16.3. The number of phenolic OH excluding ortho intramolecular Hbond substituents is 1. The van der Waals surface area contributed by atoms with Crippen LogP contribution in [0.15, 0.2) is 54.6 Å². The Bertz CT molecular complexity index is 1240. The molecule has 0 bridgehead atoms. The van der Waals surface area contributed by atoms with Crippen molar-refractivity contribution >= 4 is 29.5 Å². The summed E-state index contributed by atoms with van der Waals surface area (Å²) in [6.07, 6.45) is 0.702. The molecule has 0 unspecified atom stereocenters. The largest absolute Gasteiger partial charge is 0.508 e. The average molecular weight is 567 g/mol. The van der Waals surface area contributed by atoms with E-state index >= 15 is 0 Å². The van der Waals surface area contributed by atoms with E-state index in [1.165, 1.54) is 21.9 Å². The van der Waals surface area contributed by atoms with Gasteiger partial charge in [0, 0.05) is 6.42 Å². The Morgan fingerprint density at radius 3 is 2.17 bits per heavy atom. The van der Waals surface area contributed by atoms with Gasteiger partial charge in [0.25, 0.3) is 0 Å². The highest BCUT2D eigenvalue weighted by Gasteiger charge is 2.35. The summed E-state index contributed by atoms with van der Waals surface area (Å²) in [7, 11) is 0. The normalized spacial score (nSPS) is 15.4. The fraction of sp³-hybridized carbons (Fsp3) is 0.414. The number of primary amides is 1. The van der Waals surface area contributed by atoms with E-state index in [9.17, 15) is 29.1 Å². The van der Waals surface area contributed by atoms with Gasteiger partial charge < -0.3 is 37.0 Å². The van der Waals surface area contributed by atoms with Crippen LogP contribution < -0.4 is 22.1 Å². The minimum Gasteiger partial charge on any atom is -0.508 e. The van der Waals surface area contributed by atoms with E-state index in [1.807, 2.05) is 19.9 Å². The fourth-order valence-electron chi connectivity index (χ4n) is 4.55. The van der Waals surface area contributed by atoms with Crippen LogP contribution in [0.2, 0.25) is 0 Å². The second kappa shape index (κ2) is 14.3. The van der Waals surface area contributed by atoms with E-state index in [0.29, 0.717) is 6.42 Å². The van der Waals surface area contributed by atoms with Crippen LogP contribution in [0.5, 0.6) is 5.75 Å². The van der Waals surface area contributed by atoms with E-state index in [4.69, 9.17) is 11.5 Å². The number of hydrogen-bond donors (Lipinski definition) is 5. The molecule has 1 saturated heterocycles. The van der Waals surface area contributed by atoms with Crippen LogP contribution in [0.1, 0.15) is 31.4 Å². The number of nitrogens with one attached hydrogen (secondary N) is 2. The summed E-state index contributed by atoms with van der Waals surface area (Å²) in [5.74, 6) is -2.53. The van der Waals surface area contributed by atoms with Gasteiger partial charge in [0.05, 0.1) is 12.7 Å². The molecule has 1 fully saturated rings. The third-order valence-corrected chi connectivity index (χ3v) is 6.68. The van der Waals surface area contributed by atoms with Gasteiger partial charge >= 0.3 is 0 Å². The van der Waals surface area contributed by atoms with Gasteiger partial charge in [-0.05, 0) is 42.0 Å². The van der Waals surface area contributed by atoms with Gasteiger partial charge in [-0.25, -0.2) is 0 Å².